The number of aromatic amines is 1. The zero-order valence-corrected chi connectivity index (χ0v) is 15.3. The standard InChI is InChI=1S/C17H20N8O2/c1-8(2)25-15-11(7-19-25)10(6-12(20-15)9-4-5-9)16(26)21-14-13(17(27)18-3)22-24-23-14/h6-9H,4-5H2,1-3H3,(H,18,27)(H2,21,22,23,24,26). The molecule has 1 aliphatic rings. The van der Waals surface area contributed by atoms with Crippen LogP contribution in [0.1, 0.15) is 65.2 Å². The lowest BCUT2D eigenvalue weighted by Crippen LogP contribution is -2.22. The number of hydrogen-bond donors (Lipinski definition) is 3. The van der Waals surface area contributed by atoms with Crippen molar-refractivity contribution in [2.75, 3.05) is 12.4 Å². The van der Waals surface area contributed by atoms with Crippen LogP contribution in [0.25, 0.3) is 11.0 Å². The van der Waals surface area contributed by atoms with Crippen LogP contribution in [-0.2, 0) is 0 Å². The summed E-state index contributed by atoms with van der Waals surface area (Å²) >= 11 is 0. The van der Waals surface area contributed by atoms with Gasteiger partial charge in [0.1, 0.15) is 0 Å². The molecule has 10 heteroatoms. The van der Waals surface area contributed by atoms with Crippen molar-refractivity contribution >= 4 is 28.7 Å². The molecule has 27 heavy (non-hydrogen) atoms. The molecule has 1 fully saturated rings. The van der Waals surface area contributed by atoms with Crippen LogP contribution in [0.2, 0.25) is 0 Å². The van der Waals surface area contributed by atoms with Crippen molar-refractivity contribution < 1.29 is 9.59 Å². The molecule has 0 aliphatic heterocycles. The number of amides is 2. The van der Waals surface area contributed by atoms with Crippen LogP contribution in [-0.4, -0.2) is 49.0 Å². The molecule has 3 heterocycles. The molecule has 0 bridgehead atoms. The first-order valence-electron chi connectivity index (χ1n) is 8.82. The average Bonchev–Trinajstić information content (AvgIpc) is 3.25. The summed E-state index contributed by atoms with van der Waals surface area (Å²) in [6.07, 6.45) is 3.79. The number of carbonyl (C=O) groups is 2. The highest BCUT2D eigenvalue weighted by atomic mass is 16.2. The first-order chi connectivity index (χ1) is 13.0. The minimum Gasteiger partial charge on any atom is -0.354 e. The summed E-state index contributed by atoms with van der Waals surface area (Å²) in [5.41, 5.74) is 2.06. The smallest absolute Gasteiger partial charge is 0.275 e. The Hall–Kier alpha value is -3.30. The lowest BCUT2D eigenvalue weighted by atomic mass is 10.1. The normalized spacial score (nSPS) is 13.9. The van der Waals surface area contributed by atoms with E-state index in [0.29, 0.717) is 22.5 Å². The summed E-state index contributed by atoms with van der Waals surface area (Å²) in [6.45, 7) is 4.03. The Labute approximate surface area is 154 Å². The second-order valence-corrected chi connectivity index (χ2v) is 6.84. The topological polar surface area (TPSA) is 130 Å². The monoisotopic (exact) mass is 368 g/mol. The summed E-state index contributed by atoms with van der Waals surface area (Å²) in [4.78, 5) is 29.6. The van der Waals surface area contributed by atoms with Gasteiger partial charge in [0.25, 0.3) is 11.8 Å². The predicted octanol–water partition coefficient (Wildman–Crippen LogP) is 1.62. The third kappa shape index (κ3) is 3.03. The first-order valence-corrected chi connectivity index (χ1v) is 8.82. The quantitative estimate of drug-likeness (QED) is 0.627. The fourth-order valence-electron chi connectivity index (χ4n) is 2.96. The van der Waals surface area contributed by atoms with Gasteiger partial charge in [-0.2, -0.15) is 10.3 Å². The molecule has 4 rings (SSSR count). The van der Waals surface area contributed by atoms with Crippen LogP contribution in [0.4, 0.5) is 5.82 Å². The van der Waals surface area contributed by atoms with E-state index in [9.17, 15) is 9.59 Å². The van der Waals surface area contributed by atoms with E-state index in [2.05, 4.69) is 31.1 Å². The number of carbonyl (C=O) groups excluding carboxylic acids is 2. The van der Waals surface area contributed by atoms with Gasteiger partial charge in [-0.3, -0.25) is 9.59 Å². The van der Waals surface area contributed by atoms with Gasteiger partial charge in [0.2, 0.25) is 0 Å². The van der Waals surface area contributed by atoms with E-state index in [4.69, 9.17) is 4.98 Å². The second kappa shape index (κ2) is 6.45. The molecule has 3 aromatic rings. The lowest BCUT2D eigenvalue weighted by Gasteiger charge is -2.10. The van der Waals surface area contributed by atoms with Gasteiger partial charge in [0, 0.05) is 24.7 Å². The predicted molar refractivity (Wildman–Crippen MR) is 97.6 cm³/mol. The zero-order chi connectivity index (χ0) is 19.1. The molecular formula is C17H20N8O2. The Morgan fingerprint density at radius 1 is 1.26 bits per heavy atom. The molecule has 0 radical (unpaired) electrons. The molecule has 140 valence electrons. The summed E-state index contributed by atoms with van der Waals surface area (Å²) in [5.74, 6) is -0.365. The van der Waals surface area contributed by atoms with Gasteiger partial charge in [0.15, 0.2) is 17.2 Å². The number of hydrogen-bond acceptors (Lipinski definition) is 6. The van der Waals surface area contributed by atoms with E-state index in [0.717, 1.165) is 18.5 Å². The number of pyridine rings is 1. The van der Waals surface area contributed by atoms with Gasteiger partial charge in [-0.15, -0.1) is 10.2 Å². The molecule has 0 aromatic carbocycles. The number of H-pyrrole nitrogens is 1. The molecule has 2 amide bonds. The van der Waals surface area contributed by atoms with Gasteiger partial charge in [-0.05, 0) is 32.8 Å². The zero-order valence-electron chi connectivity index (χ0n) is 15.3. The number of nitrogens with zero attached hydrogens (tertiary/aromatic N) is 5. The van der Waals surface area contributed by atoms with Crippen molar-refractivity contribution in [3.63, 3.8) is 0 Å². The maximum Gasteiger partial charge on any atom is 0.275 e. The van der Waals surface area contributed by atoms with Crippen molar-refractivity contribution in [1.29, 1.82) is 0 Å². The van der Waals surface area contributed by atoms with Crippen LogP contribution >= 0.6 is 0 Å². The minimum absolute atomic E-state index is 0.0245. The Morgan fingerprint density at radius 2 is 2.04 bits per heavy atom. The van der Waals surface area contributed by atoms with E-state index in [1.165, 1.54) is 7.05 Å². The number of nitrogens with one attached hydrogen (secondary N) is 3. The highest BCUT2D eigenvalue weighted by Gasteiger charge is 2.29. The highest BCUT2D eigenvalue weighted by molar-refractivity contribution is 6.13. The molecule has 0 atom stereocenters. The third-order valence-electron chi connectivity index (χ3n) is 4.54. The van der Waals surface area contributed by atoms with E-state index < -0.39 is 5.91 Å². The molecular weight excluding hydrogens is 348 g/mol. The fourth-order valence-corrected chi connectivity index (χ4v) is 2.96. The Balaban J connectivity index is 1.75. The van der Waals surface area contributed by atoms with E-state index >= 15 is 0 Å². The van der Waals surface area contributed by atoms with Gasteiger partial charge in [-0.25, -0.2) is 9.67 Å². The van der Waals surface area contributed by atoms with Crippen LogP contribution in [0.3, 0.4) is 0 Å². The summed E-state index contributed by atoms with van der Waals surface area (Å²) in [5, 5.41) is 20.2. The van der Waals surface area contributed by atoms with Crippen molar-refractivity contribution in [2.45, 2.75) is 38.6 Å². The molecule has 3 aromatic heterocycles. The fraction of sp³-hybridized carbons (Fsp3) is 0.412. The second-order valence-electron chi connectivity index (χ2n) is 6.84. The molecule has 0 unspecified atom stereocenters. The highest BCUT2D eigenvalue weighted by Crippen LogP contribution is 2.40. The number of anilines is 1. The molecule has 1 aliphatic carbocycles. The van der Waals surface area contributed by atoms with Crippen molar-refractivity contribution in [2.24, 2.45) is 0 Å². The maximum atomic E-state index is 13.0. The molecule has 0 spiro atoms. The van der Waals surface area contributed by atoms with Gasteiger partial charge in [0.05, 0.1) is 17.1 Å². The van der Waals surface area contributed by atoms with Gasteiger partial charge >= 0.3 is 0 Å². The molecule has 3 N–H and O–H groups in total. The van der Waals surface area contributed by atoms with E-state index in [1.807, 2.05) is 18.5 Å². The summed E-state index contributed by atoms with van der Waals surface area (Å²) in [6, 6.07) is 1.93. The largest absolute Gasteiger partial charge is 0.354 e. The van der Waals surface area contributed by atoms with Crippen molar-refractivity contribution in [1.82, 2.24) is 35.5 Å². The summed E-state index contributed by atoms with van der Waals surface area (Å²) in [7, 11) is 1.48. The molecule has 1 saturated carbocycles. The number of fused-ring (bicyclic) bond motifs is 1. The Bertz CT molecular complexity index is 1030. The van der Waals surface area contributed by atoms with Crippen LogP contribution in [0, 0.1) is 0 Å². The van der Waals surface area contributed by atoms with Gasteiger partial charge in [-0.1, -0.05) is 0 Å². The van der Waals surface area contributed by atoms with E-state index in [1.54, 1.807) is 12.3 Å². The van der Waals surface area contributed by atoms with Crippen LogP contribution < -0.4 is 10.6 Å². The SMILES string of the molecule is CNC(=O)c1n[nH]nc1NC(=O)c1cc(C2CC2)nc2c1cnn2C(C)C. The van der Waals surface area contributed by atoms with Crippen molar-refractivity contribution in [3.8, 4) is 0 Å². The number of aromatic nitrogens is 6. The maximum absolute atomic E-state index is 13.0. The molecule has 0 saturated heterocycles. The lowest BCUT2D eigenvalue weighted by molar-refractivity contribution is 0.0959. The summed E-state index contributed by atoms with van der Waals surface area (Å²) < 4.78 is 1.81. The Morgan fingerprint density at radius 3 is 2.70 bits per heavy atom. The third-order valence-corrected chi connectivity index (χ3v) is 4.54. The van der Waals surface area contributed by atoms with E-state index in [-0.39, 0.29) is 23.5 Å². The van der Waals surface area contributed by atoms with Crippen LogP contribution in [0.15, 0.2) is 12.3 Å². The first kappa shape index (κ1) is 17.1. The Kier molecular flexibility index (Phi) is 4.09. The minimum atomic E-state index is -0.440. The van der Waals surface area contributed by atoms with Crippen LogP contribution in [0.5, 0.6) is 0 Å². The number of rotatable bonds is 5. The average molecular weight is 368 g/mol. The van der Waals surface area contributed by atoms with Gasteiger partial charge < -0.3 is 10.6 Å². The molecule has 10 nitrogen and oxygen atoms in total. The van der Waals surface area contributed by atoms with Crippen molar-refractivity contribution in [3.05, 3.63) is 29.2 Å².